The van der Waals surface area contributed by atoms with Crippen molar-refractivity contribution in [1.29, 1.82) is 0 Å². The number of anilines is 5. The SMILES string of the molecule is CC(C)(C)c1cc2c3c(c1)N1c4ccccc4C(C)(C)c4cccc(c41)B3N(c1ccc(-c3ccccc3)cc1)c1cc3c(cc1-2)C(C)(C)CCC3(C)C. The Labute approximate surface area is 323 Å². The number of rotatable bonds is 2. The maximum Gasteiger partial charge on any atom is 0.333 e. The molecule has 0 radical (unpaired) electrons. The highest BCUT2D eigenvalue weighted by Gasteiger charge is 2.50. The highest BCUT2D eigenvalue weighted by Crippen LogP contribution is 2.57. The average molecular weight is 703 g/mol. The molecule has 0 saturated heterocycles. The minimum atomic E-state index is -0.149. The Morgan fingerprint density at radius 2 is 1.17 bits per heavy atom. The first-order valence-corrected chi connectivity index (χ1v) is 20.0. The summed E-state index contributed by atoms with van der Waals surface area (Å²) in [5.41, 5.74) is 21.7. The fourth-order valence-electron chi connectivity index (χ4n) is 10.3. The van der Waals surface area contributed by atoms with E-state index in [1.54, 1.807) is 0 Å². The molecule has 1 aliphatic carbocycles. The molecule has 0 spiro atoms. The minimum absolute atomic E-state index is 0.00381. The summed E-state index contributed by atoms with van der Waals surface area (Å²) in [4.78, 5) is 5.36. The van der Waals surface area contributed by atoms with Gasteiger partial charge in [-0.15, -0.1) is 0 Å². The Kier molecular flexibility index (Phi) is 6.85. The van der Waals surface area contributed by atoms with Gasteiger partial charge in [-0.05, 0) is 121 Å². The zero-order chi connectivity index (χ0) is 37.5. The first-order valence-electron chi connectivity index (χ1n) is 20.0. The number of fused-ring (bicyclic) bond motifs is 7. The number of hydrogen-bond donors (Lipinski definition) is 0. The molecule has 3 aliphatic heterocycles. The van der Waals surface area contributed by atoms with Gasteiger partial charge >= 0.3 is 6.85 Å². The van der Waals surface area contributed by atoms with Crippen LogP contribution < -0.4 is 20.6 Å². The highest BCUT2D eigenvalue weighted by molar-refractivity contribution is 6.93. The molecule has 268 valence electrons. The lowest BCUT2D eigenvalue weighted by Crippen LogP contribution is -2.62. The molecular formula is C51H51BN2. The Morgan fingerprint density at radius 1 is 0.537 bits per heavy atom. The Hall–Kier alpha value is -5.02. The molecule has 2 nitrogen and oxygen atoms in total. The normalized spacial score (nSPS) is 17.9. The fraction of sp³-hybridized carbons (Fsp3) is 0.294. The first kappa shape index (κ1) is 33.5. The Balaban J connectivity index is 1.34. The van der Waals surface area contributed by atoms with Gasteiger partial charge in [-0.2, -0.15) is 0 Å². The highest BCUT2D eigenvalue weighted by atomic mass is 15.2. The molecule has 0 bridgehead atoms. The molecular weight excluding hydrogens is 651 g/mol. The van der Waals surface area contributed by atoms with E-state index in [1.165, 1.54) is 102 Å². The largest absolute Gasteiger partial charge is 0.376 e. The van der Waals surface area contributed by atoms with Gasteiger partial charge in [-0.1, -0.05) is 147 Å². The van der Waals surface area contributed by atoms with Crippen molar-refractivity contribution < 1.29 is 0 Å². The van der Waals surface area contributed by atoms with E-state index in [9.17, 15) is 0 Å². The lowest BCUT2D eigenvalue weighted by molar-refractivity contribution is 0.332. The summed E-state index contributed by atoms with van der Waals surface area (Å²) in [6, 6.07) is 46.8. The topological polar surface area (TPSA) is 6.48 Å². The monoisotopic (exact) mass is 702 g/mol. The third-order valence-electron chi connectivity index (χ3n) is 13.6. The van der Waals surface area contributed by atoms with Crippen LogP contribution in [-0.2, 0) is 21.7 Å². The van der Waals surface area contributed by atoms with Crippen molar-refractivity contribution in [2.24, 2.45) is 0 Å². The van der Waals surface area contributed by atoms with Crippen molar-refractivity contribution in [3.05, 3.63) is 149 Å². The smallest absolute Gasteiger partial charge is 0.333 e. The van der Waals surface area contributed by atoms with Gasteiger partial charge < -0.3 is 9.71 Å². The van der Waals surface area contributed by atoms with Crippen LogP contribution in [0.15, 0.2) is 121 Å². The standard InChI is InChI=1S/C51H51BN2/c1-48(2,3)34-28-37-36-30-40-41(50(6,7)27-26-49(40,4)5)31-44(36)54(35-24-22-33(23-25-35)32-16-11-10-12-17-32)52-42-20-15-19-39-47(42)53(45(29-34)46(37)52)43-21-14-13-18-38(43)51(39,8)9/h10-25,28-31H,26-27H2,1-9H3. The van der Waals surface area contributed by atoms with E-state index >= 15 is 0 Å². The fourth-order valence-corrected chi connectivity index (χ4v) is 10.3. The predicted molar refractivity (Wildman–Crippen MR) is 232 cm³/mol. The van der Waals surface area contributed by atoms with E-state index in [0.29, 0.717) is 0 Å². The Morgan fingerprint density at radius 3 is 1.87 bits per heavy atom. The van der Waals surface area contributed by atoms with Crippen molar-refractivity contribution in [3.63, 3.8) is 0 Å². The van der Waals surface area contributed by atoms with E-state index in [-0.39, 0.29) is 28.5 Å². The van der Waals surface area contributed by atoms with E-state index in [2.05, 4.69) is 193 Å². The van der Waals surface area contributed by atoms with Gasteiger partial charge in [0.15, 0.2) is 0 Å². The van der Waals surface area contributed by atoms with Crippen molar-refractivity contribution in [2.75, 3.05) is 9.71 Å². The molecule has 0 amide bonds. The summed E-state index contributed by atoms with van der Waals surface area (Å²) in [6.07, 6.45) is 2.38. The maximum absolute atomic E-state index is 2.71. The van der Waals surface area contributed by atoms with Crippen LogP contribution in [0.25, 0.3) is 22.3 Å². The summed E-state index contributed by atoms with van der Waals surface area (Å²) >= 11 is 0. The van der Waals surface area contributed by atoms with Gasteiger partial charge in [-0.3, -0.25) is 0 Å². The van der Waals surface area contributed by atoms with E-state index in [4.69, 9.17) is 0 Å². The summed E-state index contributed by atoms with van der Waals surface area (Å²) in [7, 11) is 0. The zero-order valence-corrected chi connectivity index (χ0v) is 33.4. The van der Waals surface area contributed by atoms with Crippen LogP contribution in [0.2, 0.25) is 0 Å². The molecule has 4 aliphatic rings. The van der Waals surface area contributed by atoms with Gasteiger partial charge in [0.1, 0.15) is 0 Å². The van der Waals surface area contributed by atoms with Gasteiger partial charge in [0.2, 0.25) is 0 Å². The minimum Gasteiger partial charge on any atom is -0.376 e. The second-order valence-electron chi connectivity index (χ2n) is 19.3. The second kappa shape index (κ2) is 11.0. The summed E-state index contributed by atoms with van der Waals surface area (Å²) < 4.78 is 0. The number of para-hydroxylation sites is 2. The van der Waals surface area contributed by atoms with Crippen molar-refractivity contribution in [1.82, 2.24) is 0 Å². The van der Waals surface area contributed by atoms with Crippen molar-refractivity contribution in [3.8, 4) is 22.3 Å². The van der Waals surface area contributed by atoms with E-state index in [1.807, 2.05) is 0 Å². The second-order valence-corrected chi connectivity index (χ2v) is 19.3. The quantitative estimate of drug-likeness (QED) is 0.166. The molecule has 3 heterocycles. The van der Waals surface area contributed by atoms with Crippen LogP contribution >= 0.6 is 0 Å². The van der Waals surface area contributed by atoms with Crippen LogP contribution in [-0.4, -0.2) is 6.85 Å². The van der Waals surface area contributed by atoms with Crippen LogP contribution in [0.1, 0.15) is 103 Å². The molecule has 0 unspecified atom stereocenters. The average Bonchev–Trinajstić information content (AvgIpc) is 3.16. The lowest BCUT2D eigenvalue weighted by Gasteiger charge is -2.51. The third-order valence-corrected chi connectivity index (χ3v) is 13.6. The van der Waals surface area contributed by atoms with Gasteiger partial charge in [0, 0.05) is 33.7 Å². The number of benzene rings is 6. The molecule has 3 heteroatoms. The number of hydrogen-bond acceptors (Lipinski definition) is 2. The van der Waals surface area contributed by atoms with Crippen molar-refractivity contribution in [2.45, 2.75) is 96.8 Å². The zero-order valence-electron chi connectivity index (χ0n) is 33.4. The molecule has 0 fully saturated rings. The van der Waals surface area contributed by atoms with Crippen molar-refractivity contribution >= 4 is 46.2 Å². The van der Waals surface area contributed by atoms with Crippen LogP contribution in [0, 0.1) is 0 Å². The molecule has 6 aromatic carbocycles. The van der Waals surface area contributed by atoms with Gasteiger partial charge in [0.25, 0.3) is 0 Å². The van der Waals surface area contributed by atoms with Crippen LogP contribution in [0.4, 0.5) is 28.4 Å². The van der Waals surface area contributed by atoms with Crippen LogP contribution in [0.3, 0.4) is 0 Å². The lowest BCUT2D eigenvalue weighted by atomic mass is 9.42. The van der Waals surface area contributed by atoms with E-state index in [0.717, 1.165) is 0 Å². The molecule has 0 saturated carbocycles. The van der Waals surface area contributed by atoms with Gasteiger partial charge in [-0.25, -0.2) is 0 Å². The number of nitrogens with zero attached hydrogens (tertiary/aromatic N) is 2. The summed E-state index contributed by atoms with van der Waals surface area (Å²) in [6.45, 7) is 21.8. The summed E-state index contributed by atoms with van der Waals surface area (Å²) in [5, 5.41) is 0. The molecule has 0 aromatic heterocycles. The Bertz CT molecular complexity index is 2520. The molecule has 0 N–H and O–H groups in total. The molecule has 10 rings (SSSR count). The first-order chi connectivity index (χ1) is 25.7. The van der Waals surface area contributed by atoms with Gasteiger partial charge in [0.05, 0.1) is 5.69 Å². The third kappa shape index (κ3) is 4.60. The molecule has 0 atom stereocenters. The maximum atomic E-state index is 2.71. The predicted octanol–water partition coefficient (Wildman–Crippen LogP) is 12.3. The van der Waals surface area contributed by atoms with Crippen LogP contribution in [0.5, 0.6) is 0 Å². The molecule has 54 heavy (non-hydrogen) atoms. The van der Waals surface area contributed by atoms with E-state index < -0.39 is 0 Å². The molecule has 6 aromatic rings. The summed E-state index contributed by atoms with van der Waals surface area (Å²) in [5.74, 6) is 0.